The molecule has 8 rings (SSSR count). The van der Waals surface area contributed by atoms with Crippen molar-refractivity contribution in [3.63, 3.8) is 0 Å². The first-order valence-corrected chi connectivity index (χ1v) is 15.2. The van der Waals surface area contributed by atoms with Crippen molar-refractivity contribution in [3.8, 4) is 22.8 Å². The fourth-order valence-corrected chi connectivity index (χ4v) is 7.69. The van der Waals surface area contributed by atoms with Gasteiger partial charge in [0.25, 0.3) is 0 Å². The molecule has 3 N–H and O–H groups in total. The summed E-state index contributed by atoms with van der Waals surface area (Å²) in [6, 6.07) is 19.7. The first-order valence-electron chi connectivity index (χ1n) is 15.2. The van der Waals surface area contributed by atoms with Gasteiger partial charge in [0.1, 0.15) is 29.3 Å². The van der Waals surface area contributed by atoms with Crippen LogP contribution in [0.3, 0.4) is 0 Å². The van der Waals surface area contributed by atoms with Crippen molar-refractivity contribution in [2.24, 2.45) is 11.8 Å². The van der Waals surface area contributed by atoms with Gasteiger partial charge in [0, 0.05) is 56.9 Å². The number of hydrogen-bond donors (Lipinski definition) is 2. The van der Waals surface area contributed by atoms with E-state index in [-0.39, 0.29) is 0 Å². The molecule has 9 heteroatoms. The van der Waals surface area contributed by atoms with Crippen LogP contribution < -0.4 is 15.8 Å². The molecule has 41 heavy (non-hydrogen) atoms. The molecule has 3 atom stereocenters. The third kappa shape index (κ3) is 4.66. The second-order valence-corrected chi connectivity index (χ2v) is 12.4. The molecule has 212 valence electrons. The molecule has 9 nitrogen and oxygen atoms in total. The number of anilines is 1. The van der Waals surface area contributed by atoms with Crippen molar-refractivity contribution in [2.75, 3.05) is 45.0 Å². The van der Waals surface area contributed by atoms with Crippen LogP contribution in [-0.2, 0) is 0 Å². The smallest absolute Gasteiger partial charge is 0.164 e. The fraction of sp³-hybridized carbons (Fsp3) is 0.469. The lowest BCUT2D eigenvalue weighted by Gasteiger charge is -2.38. The Morgan fingerprint density at radius 2 is 1.49 bits per heavy atom. The highest BCUT2D eigenvalue weighted by atomic mass is 16.5. The Kier molecular flexibility index (Phi) is 6.38. The lowest BCUT2D eigenvalue weighted by molar-refractivity contribution is 0.116. The van der Waals surface area contributed by atoms with E-state index >= 15 is 0 Å². The van der Waals surface area contributed by atoms with Crippen molar-refractivity contribution in [1.29, 1.82) is 0 Å². The van der Waals surface area contributed by atoms with Crippen LogP contribution in [0.5, 0.6) is 11.5 Å². The van der Waals surface area contributed by atoms with Crippen LogP contribution in [0.4, 0.5) is 5.82 Å². The number of nitrogens with one attached hydrogen (secondary N) is 1. The molecule has 1 unspecified atom stereocenters. The summed E-state index contributed by atoms with van der Waals surface area (Å²) in [5.41, 5.74) is 9.06. The number of benzene rings is 2. The lowest BCUT2D eigenvalue weighted by atomic mass is 10.0. The van der Waals surface area contributed by atoms with Gasteiger partial charge in [-0.2, -0.15) is 5.10 Å². The van der Waals surface area contributed by atoms with Gasteiger partial charge in [-0.3, -0.25) is 4.90 Å². The normalized spacial score (nSPS) is 25.9. The Hall–Kier alpha value is -3.53. The van der Waals surface area contributed by atoms with Crippen LogP contribution in [0.2, 0.25) is 0 Å². The Labute approximate surface area is 240 Å². The SMILES string of the molecule is Nc1ncnc2c1c(-c1ccc(Oc3ccccc3)cc1)nn2C1CCN(C2C[C@@H]3CN(C4CNC4)C[C@@H]3C2)CC1. The zero-order valence-electron chi connectivity index (χ0n) is 23.4. The van der Waals surface area contributed by atoms with Crippen LogP contribution in [0.25, 0.3) is 22.3 Å². The zero-order valence-corrected chi connectivity index (χ0v) is 23.4. The number of fused-ring (bicyclic) bond motifs is 2. The van der Waals surface area contributed by atoms with Crippen molar-refractivity contribution < 1.29 is 4.74 Å². The van der Waals surface area contributed by atoms with Crippen molar-refractivity contribution in [1.82, 2.24) is 34.9 Å². The van der Waals surface area contributed by atoms with E-state index in [1.54, 1.807) is 6.33 Å². The van der Waals surface area contributed by atoms with Gasteiger partial charge in [-0.05, 0) is 73.9 Å². The van der Waals surface area contributed by atoms with Gasteiger partial charge >= 0.3 is 0 Å². The molecule has 4 fully saturated rings. The molecule has 0 spiro atoms. The molecule has 4 aliphatic rings. The molecule has 0 radical (unpaired) electrons. The van der Waals surface area contributed by atoms with Crippen molar-refractivity contribution in [3.05, 3.63) is 60.9 Å². The van der Waals surface area contributed by atoms with Gasteiger partial charge in [-0.1, -0.05) is 18.2 Å². The summed E-state index contributed by atoms with van der Waals surface area (Å²) >= 11 is 0. The minimum absolute atomic E-state index is 0.306. The number of nitrogens with two attached hydrogens (primary N) is 1. The highest BCUT2D eigenvalue weighted by molar-refractivity contribution is 5.98. The second kappa shape index (κ2) is 10.4. The van der Waals surface area contributed by atoms with E-state index in [1.807, 2.05) is 54.6 Å². The number of likely N-dealkylation sites (tertiary alicyclic amines) is 2. The van der Waals surface area contributed by atoms with Crippen molar-refractivity contribution in [2.45, 2.75) is 43.8 Å². The molecular formula is C32H38N8O. The van der Waals surface area contributed by atoms with Crippen LogP contribution in [0.15, 0.2) is 60.9 Å². The van der Waals surface area contributed by atoms with E-state index in [9.17, 15) is 0 Å². The fourth-order valence-electron chi connectivity index (χ4n) is 7.69. The van der Waals surface area contributed by atoms with E-state index in [0.717, 1.165) is 83.6 Å². The maximum absolute atomic E-state index is 6.42. The maximum atomic E-state index is 6.42. The van der Waals surface area contributed by atoms with Crippen LogP contribution in [0.1, 0.15) is 31.7 Å². The Bertz CT molecular complexity index is 1500. The molecule has 1 aliphatic carbocycles. The molecule has 0 bridgehead atoms. The molecule has 2 aromatic carbocycles. The van der Waals surface area contributed by atoms with Gasteiger partial charge in [-0.25, -0.2) is 14.6 Å². The number of piperidine rings is 1. The summed E-state index contributed by atoms with van der Waals surface area (Å²) in [5, 5.41) is 9.40. The van der Waals surface area contributed by atoms with Gasteiger partial charge < -0.3 is 20.7 Å². The third-order valence-corrected chi connectivity index (χ3v) is 10.0. The standard InChI is InChI=1S/C32H38N8O/c33-31-29-30(21-6-8-28(9-7-21)41-27-4-2-1-3-5-27)37-40(32(29)36-20-35-31)24-10-12-38(13-11-24)25-14-22-18-39(19-23(22)15-25)26-16-34-17-26/h1-9,20,22-26,34H,10-19H2,(H2,33,35,36)/t22-,23+,25?. The largest absolute Gasteiger partial charge is 0.457 e. The summed E-state index contributed by atoms with van der Waals surface area (Å²) in [5.74, 6) is 3.85. The Morgan fingerprint density at radius 1 is 0.780 bits per heavy atom. The number of nitrogen functional groups attached to an aromatic ring is 1. The molecule has 5 heterocycles. The van der Waals surface area contributed by atoms with E-state index in [1.165, 1.54) is 39.0 Å². The minimum Gasteiger partial charge on any atom is -0.457 e. The van der Waals surface area contributed by atoms with E-state index < -0.39 is 0 Å². The van der Waals surface area contributed by atoms with Crippen molar-refractivity contribution >= 4 is 16.9 Å². The average molecular weight is 551 g/mol. The minimum atomic E-state index is 0.306. The number of rotatable bonds is 6. The van der Waals surface area contributed by atoms with Gasteiger partial charge in [0.15, 0.2) is 5.65 Å². The first-order chi connectivity index (χ1) is 20.2. The van der Waals surface area contributed by atoms with Gasteiger partial charge in [-0.15, -0.1) is 0 Å². The van der Waals surface area contributed by atoms with E-state index in [4.69, 9.17) is 15.6 Å². The highest BCUT2D eigenvalue weighted by Crippen LogP contribution is 2.43. The predicted octanol–water partition coefficient (Wildman–Crippen LogP) is 4.19. The second-order valence-electron chi connectivity index (χ2n) is 12.4. The van der Waals surface area contributed by atoms with E-state index in [0.29, 0.717) is 11.9 Å². The molecule has 2 aromatic heterocycles. The molecular weight excluding hydrogens is 512 g/mol. The zero-order chi connectivity index (χ0) is 27.3. The topological polar surface area (TPSA) is 97.4 Å². The van der Waals surface area contributed by atoms with Crippen LogP contribution >= 0.6 is 0 Å². The molecule has 4 aromatic rings. The number of ether oxygens (including phenoxy) is 1. The first kappa shape index (κ1) is 25.2. The number of nitrogens with zero attached hydrogens (tertiary/aromatic N) is 6. The highest BCUT2D eigenvalue weighted by Gasteiger charge is 2.45. The van der Waals surface area contributed by atoms with Gasteiger partial charge in [0.05, 0.1) is 11.4 Å². The molecule has 0 amide bonds. The summed E-state index contributed by atoms with van der Waals surface area (Å²) in [6.07, 6.45) is 6.46. The molecule has 3 aliphatic heterocycles. The summed E-state index contributed by atoms with van der Waals surface area (Å²) < 4.78 is 8.12. The summed E-state index contributed by atoms with van der Waals surface area (Å²) in [6.45, 7) is 7.23. The number of hydrogen-bond acceptors (Lipinski definition) is 8. The summed E-state index contributed by atoms with van der Waals surface area (Å²) in [4.78, 5) is 14.5. The van der Waals surface area contributed by atoms with Gasteiger partial charge in [0.2, 0.25) is 0 Å². The van der Waals surface area contributed by atoms with E-state index in [2.05, 4.69) is 29.8 Å². The predicted molar refractivity (Wildman–Crippen MR) is 160 cm³/mol. The van der Waals surface area contributed by atoms with Crippen LogP contribution in [0, 0.1) is 11.8 Å². The molecule has 3 saturated heterocycles. The average Bonchev–Trinajstić information content (AvgIpc) is 3.66. The van der Waals surface area contributed by atoms with Crippen LogP contribution in [-0.4, -0.2) is 80.9 Å². The maximum Gasteiger partial charge on any atom is 0.164 e. The molecule has 1 saturated carbocycles. The third-order valence-electron chi connectivity index (χ3n) is 10.0. The monoisotopic (exact) mass is 550 g/mol. The number of aromatic nitrogens is 4. The number of para-hydroxylation sites is 1. The Balaban J connectivity index is 0.969. The Morgan fingerprint density at radius 3 is 2.17 bits per heavy atom. The summed E-state index contributed by atoms with van der Waals surface area (Å²) in [7, 11) is 0. The quantitative estimate of drug-likeness (QED) is 0.369. The lowest BCUT2D eigenvalue weighted by Crippen LogP contribution is -2.56.